The lowest BCUT2D eigenvalue weighted by atomic mass is 10.1. The normalized spacial score (nSPS) is 12.2. The molecule has 0 bridgehead atoms. The third kappa shape index (κ3) is 4.30. The highest BCUT2D eigenvalue weighted by molar-refractivity contribution is 7.99. The van der Waals surface area contributed by atoms with Crippen LogP contribution in [0.1, 0.15) is 29.8 Å². The Kier molecular flexibility index (Phi) is 5.35. The zero-order chi connectivity index (χ0) is 12.8. The van der Waals surface area contributed by atoms with Crippen molar-refractivity contribution in [3.05, 3.63) is 29.3 Å². The van der Waals surface area contributed by atoms with Crippen molar-refractivity contribution in [2.24, 2.45) is 0 Å². The van der Waals surface area contributed by atoms with Crippen LogP contribution in [0.4, 0.5) is 5.69 Å². The second-order valence-corrected chi connectivity index (χ2v) is 5.38. The first-order valence-electron chi connectivity index (χ1n) is 5.72. The van der Waals surface area contributed by atoms with Gasteiger partial charge < -0.3 is 10.4 Å². The summed E-state index contributed by atoms with van der Waals surface area (Å²) in [6, 6.07) is 5.73. The van der Waals surface area contributed by atoms with Gasteiger partial charge in [-0.25, -0.2) is 4.79 Å². The molecule has 0 heterocycles. The van der Waals surface area contributed by atoms with Gasteiger partial charge in [0.25, 0.3) is 0 Å². The van der Waals surface area contributed by atoms with E-state index in [9.17, 15) is 4.79 Å². The lowest BCUT2D eigenvalue weighted by Gasteiger charge is -2.16. The number of thioether (sulfide) groups is 1. The van der Waals surface area contributed by atoms with Crippen LogP contribution in [-0.2, 0) is 0 Å². The van der Waals surface area contributed by atoms with Crippen molar-refractivity contribution in [1.29, 1.82) is 0 Å². The molecule has 17 heavy (non-hydrogen) atoms. The van der Waals surface area contributed by atoms with Gasteiger partial charge in [0.05, 0.1) is 5.56 Å². The van der Waals surface area contributed by atoms with E-state index < -0.39 is 5.97 Å². The molecule has 0 aliphatic heterocycles. The Balaban J connectivity index is 2.79. The molecular formula is C13H19NO2S. The van der Waals surface area contributed by atoms with E-state index in [2.05, 4.69) is 19.2 Å². The molecular weight excluding hydrogens is 234 g/mol. The molecule has 0 spiro atoms. The Hall–Kier alpha value is -1.16. The monoisotopic (exact) mass is 253 g/mol. The highest BCUT2D eigenvalue weighted by Crippen LogP contribution is 2.19. The number of nitrogens with one attached hydrogen (secondary N) is 1. The summed E-state index contributed by atoms with van der Waals surface area (Å²) >= 11 is 1.84. The summed E-state index contributed by atoms with van der Waals surface area (Å²) in [5.74, 6) is 1.17. The molecule has 94 valence electrons. The second kappa shape index (κ2) is 6.55. The van der Waals surface area contributed by atoms with E-state index in [1.165, 1.54) is 0 Å². The summed E-state index contributed by atoms with van der Waals surface area (Å²) in [5.41, 5.74) is 2.01. The number of carboxylic acid groups (broad SMARTS) is 1. The summed E-state index contributed by atoms with van der Waals surface area (Å²) in [6.07, 6.45) is 0. The fourth-order valence-electron chi connectivity index (χ4n) is 1.56. The summed E-state index contributed by atoms with van der Waals surface area (Å²) in [4.78, 5) is 11.1. The SMILES string of the molecule is CCSCC(C)Nc1ccc(C)cc1C(=O)O. The highest BCUT2D eigenvalue weighted by atomic mass is 32.2. The first kappa shape index (κ1) is 13.9. The molecule has 2 N–H and O–H groups in total. The number of aryl methyl sites for hydroxylation is 1. The number of carboxylic acids is 1. The predicted octanol–water partition coefficient (Wildman–Crippen LogP) is 3.25. The van der Waals surface area contributed by atoms with E-state index in [1.807, 2.05) is 30.8 Å². The molecule has 4 heteroatoms. The predicted molar refractivity (Wildman–Crippen MR) is 74.2 cm³/mol. The number of benzene rings is 1. The largest absolute Gasteiger partial charge is 0.478 e. The summed E-state index contributed by atoms with van der Waals surface area (Å²) < 4.78 is 0. The Morgan fingerprint density at radius 1 is 1.53 bits per heavy atom. The number of anilines is 1. The smallest absolute Gasteiger partial charge is 0.337 e. The maximum atomic E-state index is 11.1. The average molecular weight is 253 g/mol. The highest BCUT2D eigenvalue weighted by Gasteiger charge is 2.11. The minimum absolute atomic E-state index is 0.265. The van der Waals surface area contributed by atoms with Crippen LogP contribution in [0.5, 0.6) is 0 Å². The maximum absolute atomic E-state index is 11.1. The molecule has 1 aromatic rings. The van der Waals surface area contributed by atoms with E-state index in [0.29, 0.717) is 11.3 Å². The van der Waals surface area contributed by atoms with Crippen molar-refractivity contribution in [2.45, 2.75) is 26.8 Å². The molecule has 1 atom stereocenters. The molecule has 0 amide bonds. The number of carbonyl (C=O) groups is 1. The van der Waals surface area contributed by atoms with Gasteiger partial charge in [-0.05, 0) is 31.7 Å². The number of hydrogen-bond donors (Lipinski definition) is 2. The summed E-state index contributed by atoms with van der Waals surface area (Å²) in [7, 11) is 0. The summed E-state index contributed by atoms with van der Waals surface area (Å²) in [6.45, 7) is 6.08. The standard InChI is InChI=1S/C13H19NO2S/c1-4-17-8-10(3)14-12-6-5-9(2)7-11(12)13(15)16/h5-7,10,14H,4,8H2,1-3H3,(H,15,16). The quantitative estimate of drug-likeness (QED) is 0.817. The van der Waals surface area contributed by atoms with Crippen molar-refractivity contribution in [3.8, 4) is 0 Å². The molecule has 0 fully saturated rings. The van der Waals surface area contributed by atoms with Gasteiger partial charge in [-0.3, -0.25) is 0 Å². The molecule has 3 nitrogen and oxygen atoms in total. The third-order valence-electron chi connectivity index (χ3n) is 2.38. The molecule has 1 rings (SSSR count). The van der Waals surface area contributed by atoms with Gasteiger partial charge in [0.15, 0.2) is 0 Å². The Labute approximate surface area is 107 Å². The number of rotatable bonds is 6. The zero-order valence-corrected chi connectivity index (χ0v) is 11.3. The van der Waals surface area contributed by atoms with E-state index in [0.717, 1.165) is 17.1 Å². The maximum Gasteiger partial charge on any atom is 0.337 e. The lowest BCUT2D eigenvalue weighted by Crippen LogP contribution is -2.20. The van der Waals surface area contributed by atoms with Crippen molar-refractivity contribution in [2.75, 3.05) is 16.8 Å². The van der Waals surface area contributed by atoms with Crippen molar-refractivity contribution >= 4 is 23.4 Å². The van der Waals surface area contributed by atoms with Crippen LogP contribution < -0.4 is 5.32 Å². The van der Waals surface area contributed by atoms with E-state index >= 15 is 0 Å². The third-order valence-corrected chi connectivity index (χ3v) is 3.52. The molecule has 1 aromatic carbocycles. The minimum atomic E-state index is -0.883. The Bertz CT molecular complexity index is 393. The van der Waals surface area contributed by atoms with Gasteiger partial charge in [0.1, 0.15) is 0 Å². The van der Waals surface area contributed by atoms with Gasteiger partial charge in [0, 0.05) is 17.5 Å². The van der Waals surface area contributed by atoms with Gasteiger partial charge in [-0.2, -0.15) is 11.8 Å². The molecule has 1 unspecified atom stereocenters. The van der Waals surface area contributed by atoms with Crippen molar-refractivity contribution < 1.29 is 9.90 Å². The fourth-order valence-corrected chi connectivity index (χ4v) is 2.24. The molecule has 0 aliphatic rings. The average Bonchev–Trinajstić information content (AvgIpc) is 2.28. The number of aromatic carboxylic acids is 1. The van der Waals surface area contributed by atoms with Gasteiger partial charge in [-0.15, -0.1) is 0 Å². The van der Waals surface area contributed by atoms with Crippen LogP contribution in [0.15, 0.2) is 18.2 Å². The molecule has 0 aromatic heterocycles. The van der Waals surface area contributed by atoms with Crippen LogP contribution >= 0.6 is 11.8 Å². The lowest BCUT2D eigenvalue weighted by molar-refractivity contribution is 0.0698. The minimum Gasteiger partial charge on any atom is -0.478 e. The zero-order valence-electron chi connectivity index (χ0n) is 10.5. The Morgan fingerprint density at radius 2 is 2.24 bits per heavy atom. The van der Waals surface area contributed by atoms with Crippen LogP contribution in [0.2, 0.25) is 0 Å². The molecule has 0 radical (unpaired) electrons. The van der Waals surface area contributed by atoms with Crippen LogP contribution in [0, 0.1) is 6.92 Å². The van der Waals surface area contributed by atoms with E-state index in [-0.39, 0.29) is 6.04 Å². The van der Waals surface area contributed by atoms with Crippen LogP contribution in [0.25, 0.3) is 0 Å². The molecule has 0 saturated heterocycles. The van der Waals surface area contributed by atoms with E-state index in [4.69, 9.17) is 5.11 Å². The number of hydrogen-bond acceptors (Lipinski definition) is 3. The van der Waals surface area contributed by atoms with E-state index in [1.54, 1.807) is 6.07 Å². The van der Waals surface area contributed by atoms with Gasteiger partial charge in [0.2, 0.25) is 0 Å². The molecule has 0 aliphatic carbocycles. The Morgan fingerprint density at radius 3 is 2.82 bits per heavy atom. The second-order valence-electron chi connectivity index (χ2n) is 4.06. The van der Waals surface area contributed by atoms with Crippen LogP contribution in [0.3, 0.4) is 0 Å². The van der Waals surface area contributed by atoms with Gasteiger partial charge in [-0.1, -0.05) is 18.6 Å². The van der Waals surface area contributed by atoms with Crippen molar-refractivity contribution in [1.82, 2.24) is 0 Å². The first-order valence-corrected chi connectivity index (χ1v) is 6.88. The molecule has 0 saturated carbocycles. The summed E-state index contributed by atoms with van der Waals surface area (Å²) in [5, 5.41) is 12.4. The fraction of sp³-hybridized carbons (Fsp3) is 0.462. The topological polar surface area (TPSA) is 49.3 Å². The van der Waals surface area contributed by atoms with Crippen LogP contribution in [-0.4, -0.2) is 28.6 Å². The first-order chi connectivity index (χ1) is 8.04. The van der Waals surface area contributed by atoms with Crippen molar-refractivity contribution in [3.63, 3.8) is 0 Å². The van der Waals surface area contributed by atoms with Gasteiger partial charge >= 0.3 is 5.97 Å².